The highest BCUT2D eigenvalue weighted by Gasteiger charge is 2.46. The molecule has 9 rings (SSSR count). The van der Waals surface area contributed by atoms with Gasteiger partial charge in [0.05, 0.1) is 18.6 Å². The van der Waals surface area contributed by atoms with Crippen LogP contribution in [0.4, 0.5) is 0 Å². The number of ether oxygens (including phenoxy) is 4. The van der Waals surface area contributed by atoms with Gasteiger partial charge in [-0.05, 0) is 68.4 Å². The fourth-order valence-electron chi connectivity index (χ4n) is 6.94. The van der Waals surface area contributed by atoms with Gasteiger partial charge in [0.25, 0.3) is 0 Å². The molecule has 0 bridgehead atoms. The molecule has 43 heavy (non-hydrogen) atoms. The molecule has 0 spiro atoms. The Morgan fingerprint density at radius 2 is 1.00 bits per heavy atom. The molecule has 2 aliphatic heterocycles. The van der Waals surface area contributed by atoms with E-state index in [1.54, 1.807) is 0 Å². The maximum Gasteiger partial charge on any atom is 0.127 e. The molecule has 1 aliphatic carbocycles. The normalized spacial score (nSPS) is 19.2. The lowest BCUT2D eigenvalue weighted by molar-refractivity contribution is 0.265. The summed E-state index contributed by atoms with van der Waals surface area (Å²) < 4.78 is 23.1. The van der Waals surface area contributed by atoms with Crippen LogP contribution in [0.3, 0.4) is 0 Å². The van der Waals surface area contributed by atoms with E-state index in [0.29, 0.717) is 13.2 Å². The minimum atomic E-state index is -0.493. The van der Waals surface area contributed by atoms with Crippen LogP contribution in [0.15, 0.2) is 121 Å². The summed E-state index contributed by atoms with van der Waals surface area (Å²) in [5, 5.41) is 4.54. The largest absolute Gasteiger partial charge is 0.490 e. The van der Waals surface area contributed by atoms with Gasteiger partial charge in [0.1, 0.15) is 36.9 Å². The zero-order valence-corrected chi connectivity index (χ0v) is 23.7. The monoisotopic (exact) mass is 562 g/mol. The average Bonchev–Trinajstić information content (AvgIpc) is 4.00. The highest BCUT2D eigenvalue weighted by atomic mass is 16.6. The first kappa shape index (κ1) is 24.9. The summed E-state index contributed by atoms with van der Waals surface area (Å²) >= 11 is 0. The Kier molecular flexibility index (Phi) is 5.62. The maximum atomic E-state index is 6.18. The molecule has 4 nitrogen and oxygen atoms in total. The van der Waals surface area contributed by atoms with Crippen molar-refractivity contribution in [2.75, 3.05) is 26.4 Å². The van der Waals surface area contributed by atoms with Gasteiger partial charge in [-0.3, -0.25) is 0 Å². The molecule has 3 aliphatic rings. The standard InChI is InChI=1S/C39H30O4/c1-3-11-35-33(9-1)34-10-2-4-12-36(34)39(35,27-15-17-31-25(19-27)7-5-13-37(31)42-23-29-21-40-29)28-16-18-32-26(20-28)8-6-14-38(32)43-24-30-22-41-30/h1-20,29-30H,21-24H2. The lowest BCUT2D eigenvalue weighted by atomic mass is 9.67. The molecule has 0 N–H and O–H groups in total. The van der Waals surface area contributed by atoms with Gasteiger partial charge in [0.2, 0.25) is 0 Å². The van der Waals surface area contributed by atoms with Crippen LogP contribution in [0.2, 0.25) is 0 Å². The van der Waals surface area contributed by atoms with Gasteiger partial charge in [-0.25, -0.2) is 0 Å². The Hall–Kier alpha value is -4.64. The summed E-state index contributed by atoms with van der Waals surface area (Å²) in [6.07, 6.45) is 0.426. The third kappa shape index (κ3) is 4.05. The second-order valence-electron chi connectivity index (χ2n) is 11.8. The van der Waals surface area contributed by atoms with Crippen LogP contribution in [0.5, 0.6) is 11.5 Å². The number of fused-ring (bicyclic) bond motifs is 5. The van der Waals surface area contributed by atoms with Crippen molar-refractivity contribution in [3.05, 3.63) is 144 Å². The molecule has 210 valence electrons. The van der Waals surface area contributed by atoms with Gasteiger partial charge in [-0.15, -0.1) is 0 Å². The van der Waals surface area contributed by atoms with Gasteiger partial charge >= 0.3 is 0 Å². The Bertz CT molecular complexity index is 1870. The van der Waals surface area contributed by atoms with E-state index < -0.39 is 5.41 Å². The van der Waals surface area contributed by atoms with Gasteiger partial charge in [-0.1, -0.05) is 97.1 Å². The highest BCUT2D eigenvalue weighted by molar-refractivity contribution is 5.94. The Labute approximate surface area is 250 Å². The molecule has 0 saturated carbocycles. The van der Waals surface area contributed by atoms with E-state index in [0.717, 1.165) is 46.3 Å². The molecule has 2 saturated heterocycles. The Morgan fingerprint density at radius 1 is 0.535 bits per heavy atom. The minimum Gasteiger partial charge on any atom is -0.490 e. The summed E-state index contributed by atoms with van der Waals surface area (Å²) in [5.74, 6) is 1.80. The second kappa shape index (κ2) is 9.70. The van der Waals surface area contributed by atoms with E-state index in [9.17, 15) is 0 Å². The molecule has 6 aromatic rings. The zero-order valence-electron chi connectivity index (χ0n) is 23.7. The smallest absolute Gasteiger partial charge is 0.127 e. The minimum absolute atomic E-state index is 0.213. The van der Waals surface area contributed by atoms with Crippen molar-refractivity contribution in [3.63, 3.8) is 0 Å². The number of rotatable bonds is 8. The molecule has 2 fully saturated rings. The van der Waals surface area contributed by atoms with Crippen molar-refractivity contribution in [3.8, 4) is 22.6 Å². The number of hydrogen-bond acceptors (Lipinski definition) is 4. The van der Waals surface area contributed by atoms with Gasteiger partial charge < -0.3 is 18.9 Å². The molecule has 6 aromatic carbocycles. The first-order valence-corrected chi connectivity index (χ1v) is 15.0. The highest BCUT2D eigenvalue weighted by Crippen LogP contribution is 2.56. The third-order valence-corrected chi connectivity index (χ3v) is 9.15. The molecule has 0 radical (unpaired) electrons. The fourth-order valence-corrected chi connectivity index (χ4v) is 6.94. The van der Waals surface area contributed by atoms with E-state index in [1.807, 2.05) is 0 Å². The number of epoxide rings is 2. The van der Waals surface area contributed by atoms with Crippen LogP contribution in [0.25, 0.3) is 32.7 Å². The lowest BCUT2D eigenvalue weighted by Gasteiger charge is -2.34. The first-order valence-electron chi connectivity index (χ1n) is 15.0. The van der Waals surface area contributed by atoms with Crippen LogP contribution >= 0.6 is 0 Å². The van der Waals surface area contributed by atoms with Crippen molar-refractivity contribution in [2.45, 2.75) is 17.6 Å². The molecule has 4 heteroatoms. The zero-order chi connectivity index (χ0) is 28.4. The number of benzene rings is 6. The molecule has 0 aromatic heterocycles. The summed E-state index contributed by atoms with van der Waals surface area (Å²) in [6.45, 7) is 2.74. The predicted molar refractivity (Wildman–Crippen MR) is 169 cm³/mol. The summed E-state index contributed by atoms with van der Waals surface area (Å²) in [5.41, 5.74) is 7.13. The maximum absolute atomic E-state index is 6.18. The first-order chi connectivity index (χ1) is 21.3. The lowest BCUT2D eigenvalue weighted by Crippen LogP contribution is -2.28. The second-order valence-corrected chi connectivity index (χ2v) is 11.8. The fraction of sp³-hybridized carbons (Fsp3) is 0.179. The summed E-state index contributed by atoms with van der Waals surface area (Å²) in [7, 11) is 0. The van der Waals surface area contributed by atoms with E-state index >= 15 is 0 Å². The summed E-state index contributed by atoms with van der Waals surface area (Å²) in [6, 6.07) is 44.2. The number of hydrogen-bond donors (Lipinski definition) is 0. The van der Waals surface area contributed by atoms with Crippen LogP contribution in [0.1, 0.15) is 22.3 Å². The van der Waals surface area contributed by atoms with Crippen molar-refractivity contribution in [1.29, 1.82) is 0 Å². The van der Waals surface area contributed by atoms with Crippen molar-refractivity contribution < 1.29 is 18.9 Å². The van der Waals surface area contributed by atoms with Gasteiger partial charge in [0.15, 0.2) is 0 Å². The SMILES string of the molecule is c1ccc2c(c1)-c1ccccc1C2(c1ccc2c(OCC3CO3)cccc2c1)c1ccc2c(OCC3CO3)cccc2c1. The van der Waals surface area contributed by atoms with E-state index in [4.69, 9.17) is 18.9 Å². The Morgan fingerprint density at radius 3 is 1.47 bits per heavy atom. The summed E-state index contributed by atoms with van der Waals surface area (Å²) in [4.78, 5) is 0. The molecular formula is C39H30O4. The molecule has 2 atom stereocenters. The third-order valence-electron chi connectivity index (χ3n) is 9.15. The van der Waals surface area contributed by atoms with E-state index in [1.165, 1.54) is 33.4 Å². The topological polar surface area (TPSA) is 43.5 Å². The van der Waals surface area contributed by atoms with Crippen molar-refractivity contribution in [2.24, 2.45) is 0 Å². The van der Waals surface area contributed by atoms with Gasteiger partial charge in [0, 0.05) is 10.8 Å². The van der Waals surface area contributed by atoms with Crippen LogP contribution in [0, 0.1) is 0 Å². The molecule has 2 heterocycles. The molecule has 0 amide bonds. The Balaban J connectivity index is 1.26. The van der Waals surface area contributed by atoms with Crippen LogP contribution < -0.4 is 9.47 Å². The molecular weight excluding hydrogens is 532 g/mol. The van der Waals surface area contributed by atoms with Gasteiger partial charge in [-0.2, -0.15) is 0 Å². The van der Waals surface area contributed by atoms with Crippen molar-refractivity contribution in [1.82, 2.24) is 0 Å². The quantitative estimate of drug-likeness (QED) is 0.177. The average molecular weight is 563 g/mol. The predicted octanol–water partition coefficient (Wildman–Crippen LogP) is 7.91. The van der Waals surface area contributed by atoms with E-state index in [-0.39, 0.29) is 12.2 Å². The van der Waals surface area contributed by atoms with Crippen molar-refractivity contribution >= 4 is 21.5 Å². The van der Waals surface area contributed by atoms with Crippen LogP contribution in [-0.4, -0.2) is 38.6 Å². The van der Waals surface area contributed by atoms with E-state index in [2.05, 4.69) is 121 Å². The molecule has 2 unspecified atom stereocenters. The van der Waals surface area contributed by atoms with Crippen LogP contribution in [-0.2, 0) is 14.9 Å².